The summed E-state index contributed by atoms with van der Waals surface area (Å²) in [7, 11) is 0. The van der Waals surface area contributed by atoms with Crippen LogP contribution >= 0.6 is 0 Å². The predicted molar refractivity (Wildman–Crippen MR) is 103 cm³/mol. The third-order valence-corrected chi connectivity index (χ3v) is 4.25. The van der Waals surface area contributed by atoms with Gasteiger partial charge < -0.3 is 11.1 Å². The van der Waals surface area contributed by atoms with Crippen LogP contribution in [0.2, 0.25) is 0 Å². The highest BCUT2D eigenvalue weighted by atomic mass is 19.1. The number of hydrogen-bond donors (Lipinski definition) is 2. The zero-order valence-electron chi connectivity index (χ0n) is 15.1. The molecule has 0 saturated carbocycles. The van der Waals surface area contributed by atoms with E-state index >= 15 is 0 Å². The van der Waals surface area contributed by atoms with Crippen LogP contribution in [0.25, 0.3) is 5.69 Å². The van der Waals surface area contributed by atoms with Crippen LogP contribution in [0.3, 0.4) is 0 Å². The summed E-state index contributed by atoms with van der Waals surface area (Å²) in [6, 6.07) is 11.3. The maximum Gasteiger partial charge on any atom is 0.327 e. The van der Waals surface area contributed by atoms with Gasteiger partial charge in [0.25, 0.3) is 0 Å². The number of rotatable bonds is 7. The Morgan fingerprint density at radius 1 is 1.24 bits per heavy atom. The first-order valence-electron chi connectivity index (χ1n) is 8.62. The standard InChI is InChI=1S/C19H16F2N6O2/c20-12-6-8-13(9-7-12)26-19(23)14(11-22)16(25-26)5-2-10-24-17-4-1-3-15(21)18(17)27(28)29/h1,3-4,6-9,24H,2,5,10,23H2. The van der Waals surface area contributed by atoms with Crippen LogP contribution in [0.1, 0.15) is 17.7 Å². The van der Waals surface area contributed by atoms with E-state index in [1.54, 1.807) is 0 Å². The highest BCUT2D eigenvalue weighted by Gasteiger charge is 2.20. The normalized spacial score (nSPS) is 10.5. The van der Waals surface area contributed by atoms with Crippen molar-refractivity contribution in [3.63, 3.8) is 0 Å². The zero-order valence-corrected chi connectivity index (χ0v) is 15.1. The quantitative estimate of drug-likeness (QED) is 0.356. The molecule has 1 heterocycles. The van der Waals surface area contributed by atoms with Crippen LogP contribution in [-0.2, 0) is 6.42 Å². The van der Waals surface area contributed by atoms with Gasteiger partial charge in [-0.1, -0.05) is 6.07 Å². The van der Waals surface area contributed by atoms with Gasteiger partial charge in [0.05, 0.1) is 16.3 Å². The molecule has 3 rings (SSSR count). The molecule has 0 spiro atoms. The summed E-state index contributed by atoms with van der Waals surface area (Å²) in [6.07, 6.45) is 0.819. The summed E-state index contributed by atoms with van der Waals surface area (Å²) in [5.74, 6) is -1.18. The van der Waals surface area contributed by atoms with Crippen LogP contribution in [0.15, 0.2) is 42.5 Å². The average Bonchev–Trinajstić information content (AvgIpc) is 3.01. The van der Waals surface area contributed by atoms with E-state index in [0.717, 1.165) is 6.07 Å². The first kappa shape index (κ1) is 19.8. The maximum atomic E-state index is 13.6. The second-order valence-electron chi connectivity index (χ2n) is 6.13. The van der Waals surface area contributed by atoms with Crippen molar-refractivity contribution < 1.29 is 13.7 Å². The minimum atomic E-state index is -0.919. The fourth-order valence-electron chi connectivity index (χ4n) is 2.88. The maximum absolute atomic E-state index is 13.6. The molecule has 3 N–H and O–H groups in total. The Balaban J connectivity index is 1.71. The molecule has 0 amide bonds. The molecule has 0 aliphatic rings. The minimum Gasteiger partial charge on any atom is -0.382 e. The third kappa shape index (κ3) is 4.14. The van der Waals surface area contributed by atoms with Gasteiger partial charge in [0.2, 0.25) is 5.82 Å². The monoisotopic (exact) mass is 398 g/mol. The van der Waals surface area contributed by atoms with Gasteiger partial charge >= 0.3 is 5.69 Å². The molecule has 0 unspecified atom stereocenters. The molecule has 0 aliphatic heterocycles. The second kappa shape index (κ2) is 8.35. The fourth-order valence-corrected chi connectivity index (χ4v) is 2.88. The molecular weight excluding hydrogens is 382 g/mol. The SMILES string of the molecule is N#Cc1c(CCCNc2cccc(F)c2[N+](=O)[O-])nn(-c2ccc(F)cc2)c1N. The topological polar surface area (TPSA) is 123 Å². The number of nitrogens with one attached hydrogen (secondary N) is 1. The van der Waals surface area contributed by atoms with Gasteiger partial charge in [0.1, 0.15) is 29.0 Å². The Morgan fingerprint density at radius 3 is 2.62 bits per heavy atom. The summed E-state index contributed by atoms with van der Waals surface area (Å²) < 4.78 is 28.1. The smallest absolute Gasteiger partial charge is 0.327 e. The lowest BCUT2D eigenvalue weighted by Crippen LogP contribution is -2.07. The van der Waals surface area contributed by atoms with Crippen LogP contribution in [0.4, 0.5) is 26.0 Å². The lowest BCUT2D eigenvalue weighted by molar-refractivity contribution is -0.386. The molecule has 0 aliphatic carbocycles. The Hall–Kier alpha value is -4.00. The van der Waals surface area contributed by atoms with Crippen LogP contribution in [-0.4, -0.2) is 21.2 Å². The van der Waals surface area contributed by atoms with E-state index in [1.165, 1.54) is 41.1 Å². The molecule has 10 heteroatoms. The molecule has 0 atom stereocenters. The highest BCUT2D eigenvalue weighted by molar-refractivity contribution is 5.62. The summed E-state index contributed by atoms with van der Waals surface area (Å²) >= 11 is 0. The number of aromatic nitrogens is 2. The van der Waals surface area contributed by atoms with E-state index in [-0.39, 0.29) is 17.1 Å². The number of benzene rings is 2. The van der Waals surface area contributed by atoms with Crippen molar-refractivity contribution in [2.24, 2.45) is 0 Å². The molecule has 29 heavy (non-hydrogen) atoms. The molecule has 148 valence electrons. The molecule has 3 aromatic rings. The summed E-state index contributed by atoms with van der Waals surface area (Å²) in [5, 5.41) is 27.6. The van der Waals surface area contributed by atoms with Crippen molar-refractivity contribution in [3.05, 3.63) is 75.5 Å². The lowest BCUT2D eigenvalue weighted by atomic mass is 10.1. The molecule has 0 bridgehead atoms. The number of halogens is 2. The predicted octanol–water partition coefficient (Wildman–Crippen LogP) is 3.56. The molecule has 8 nitrogen and oxygen atoms in total. The van der Waals surface area contributed by atoms with E-state index in [2.05, 4.69) is 10.4 Å². The first-order valence-corrected chi connectivity index (χ1v) is 8.62. The number of nitrogen functional groups attached to an aromatic ring is 1. The molecular formula is C19H16F2N6O2. The molecule has 0 radical (unpaired) electrons. The molecule has 2 aromatic carbocycles. The summed E-state index contributed by atoms with van der Waals surface area (Å²) in [6.45, 7) is 0.290. The number of nitro groups is 1. The van der Waals surface area contributed by atoms with Crippen molar-refractivity contribution >= 4 is 17.2 Å². The van der Waals surface area contributed by atoms with Gasteiger partial charge in [-0.2, -0.15) is 14.8 Å². The van der Waals surface area contributed by atoms with E-state index in [0.29, 0.717) is 30.8 Å². The van der Waals surface area contributed by atoms with Crippen LogP contribution in [0, 0.1) is 33.1 Å². The Bertz CT molecular complexity index is 1090. The highest BCUT2D eigenvalue weighted by Crippen LogP contribution is 2.27. The summed E-state index contributed by atoms with van der Waals surface area (Å²) in [4.78, 5) is 10.2. The third-order valence-electron chi connectivity index (χ3n) is 4.25. The second-order valence-corrected chi connectivity index (χ2v) is 6.13. The van der Waals surface area contributed by atoms with E-state index in [4.69, 9.17) is 5.73 Å². The number of nitriles is 1. The van der Waals surface area contributed by atoms with E-state index in [9.17, 15) is 24.2 Å². The van der Waals surface area contributed by atoms with Gasteiger partial charge in [-0.3, -0.25) is 10.1 Å². The Labute approximate surface area is 164 Å². The van der Waals surface area contributed by atoms with E-state index in [1.807, 2.05) is 6.07 Å². The summed E-state index contributed by atoms with van der Waals surface area (Å²) in [5.41, 5.74) is 6.64. The van der Waals surface area contributed by atoms with Crippen molar-refractivity contribution in [1.29, 1.82) is 5.26 Å². The molecule has 0 saturated heterocycles. The number of para-hydroxylation sites is 1. The lowest BCUT2D eigenvalue weighted by Gasteiger charge is -2.07. The van der Waals surface area contributed by atoms with Gasteiger partial charge in [-0.05, 0) is 49.2 Å². The number of nitrogens with zero attached hydrogens (tertiary/aromatic N) is 4. The number of nitrogens with two attached hydrogens (primary N) is 1. The number of hydrogen-bond acceptors (Lipinski definition) is 6. The van der Waals surface area contributed by atoms with Gasteiger partial charge in [0.15, 0.2) is 0 Å². The van der Waals surface area contributed by atoms with E-state index < -0.39 is 22.2 Å². The Morgan fingerprint density at radius 2 is 1.97 bits per heavy atom. The first-order chi connectivity index (χ1) is 13.9. The van der Waals surface area contributed by atoms with Gasteiger partial charge in [-0.15, -0.1) is 0 Å². The molecule has 1 aromatic heterocycles. The van der Waals surface area contributed by atoms with Crippen LogP contribution < -0.4 is 11.1 Å². The number of aryl methyl sites for hydroxylation is 1. The van der Waals surface area contributed by atoms with Gasteiger partial charge in [-0.25, -0.2) is 9.07 Å². The van der Waals surface area contributed by atoms with Crippen molar-refractivity contribution in [2.45, 2.75) is 12.8 Å². The van der Waals surface area contributed by atoms with Crippen molar-refractivity contribution in [2.75, 3.05) is 17.6 Å². The average molecular weight is 398 g/mol. The van der Waals surface area contributed by atoms with Crippen molar-refractivity contribution in [3.8, 4) is 11.8 Å². The number of anilines is 2. The minimum absolute atomic E-state index is 0.0758. The largest absolute Gasteiger partial charge is 0.382 e. The van der Waals surface area contributed by atoms with Crippen molar-refractivity contribution in [1.82, 2.24) is 9.78 Å². The fraction of sp³-hybridized carbons (Fsp3) is 0.158. The number of nitro benzene ring substituents is 1. The van der Waals surface area contributed by atoms with Crippen LogP contribution in [0.5, 0.6) is 0 Å². The van der Waals surface area contributed by atoms with Gasteiger partial charge in [0, 0.05) is 6.54 Å². The Kier molecular flexibility index (Phi) is 5.69. The zero-order chi connectivity index (χ0) is 21.0. The molecule has 0 fully saturated rings.